The Hall–Kier alpha value is -1.71. The first kappa shape index (κ1) is 11.4. The van der Waals surface area contributed by atoms with Gasteiger partial charge < -0.3 is 4.90 Å². The first-order valence-corrected chi connectivity index (χ1v) is 6.17. The molecule has 1 aliphatic heterocycles. The first-order chi connectivity index (χ1) is 8.66. The van der Waals surface area contributed by atoms with Gasteiger partial charge >= 0.3 is 0 Å². The van der Waals surface area contributed by atoms with E-state index in [1.165, 1.54) is 6.07 Å². The van der Waals surface area contributed by atoms with Crippen molar-refractivity contribution in [1.82, 2.24) is 4.98 Å². The summed E-state index contributed by atoms with van der Waals surface area (Å²) >= 11 is 0. The number of halogens is 2. The summed E-state index contributed by atoms with van der Waals surface area (Å²) in [5, 5.41) is 0.559. The van der Waals surface area contributed by atoms with Gasteiger partial charge in [-0.15, -0.1) is 0 Å². The lowest BCUT2D eigenvalue weighted by Gasteiger charge is -2.25. The van der Waals surface area contributed by atoms with Crippen molar-refractivity contribution < 1.29 is 8.78 Å². The van der Waals surface area contributed by atoms with Crippen LogP contribution in [0.3, 0.4) is 0 Å². The lowest BCUT2D eigenvalue weighted by Crippen LogP contribution is -2.26. The number of anilines is 1. The van der Waals surface area contributed by atoms with Crippen LogP contribution in [-0.2, 0) is 0 Å². The van der Waals surface area contributed by atoms with Crippen molar-refractivity contribution in [2.75, 3.05) is 11.4 Å². The van der Waals surface area contributed by atoms with Gasteiger partial charge in [-0.1, -0.05) is 0 Å². The van der Waals surface area contributed by atoms with E-state index < -0.39 is 11.6 Å². The largest absolute Gasteiger partial charge is 0.368 e. The van der Waals surface area contributed by atoms with Gasteiger partial charge in [0.25, 0.3) is 0 Å². The second-order valence-corrected chi connectivity index (χ2v) is 4.80. The van der Waals surface area contributed by atoms with Gasteiger partial charge in [0.1, 0.15) is 11.3 Å². The minimum absolute atomic E-state index is 0.244. The van der Waals surface area contributed by atoms with E-state index in [9.17, 15) is 8.78 Å². The Morgan fingerprint density at radius 2 is 2.17 bits per heavy atom. The fraction of sp³-hybridized carbons (Fsp3) is 0.357. The third-order valence-electron chi connectivity index (χ3n) is 3.60. The molecular formula is C14H14F2N2. The highest BCUT2D eigenvalue weighted by atomic mass is 19.1. The molecule has 94 valence electrons. The van der Waals surface area contributed by atoms with Crippen molar-refractivity contribution in [3.05, 3.63) is 36.0 Å². The number of rotatable bonds is 1. The van der Waals surface area contributed by atoms with Crippen LogP contribution < -0.4 is 4.90 Å². The third-order valence-corrected chi connectivity index (χ3v) is 3.60. The molecule has 0 spiro atoms. The molecule has 0 saturated carbocycles. The van der Waals surface area contributed by atoms with E-state index in [1.54, 1.807) is 6.20 Å². The molecule has 4 heteroatoms. The number of nitrogens with zero attached hydrogens (tertiary/aromatic N) is 2. The highest BCUT2D eigenvalue weighted by molar-refractivity contribution is 5.92. The van der Waals surface area contributed by atoms with Crippen molar-refractivity contribution in [3.8, 4) is 0 Å². The molecule has 0 aliphatic carbocycles. The molecule has 2 nitrogen and oxygen atoms in total. The Morgan fingerprint density at radius 1 is 1.33 bits per heavy atom. The molecule has 1 saturated heterocycles. The average Bonchev–Trinajstić information content (AvgIpc) is 2.74. The Kier molecular flexibility index (Phi) is 2.65. The monoisotopic (exact) mass is 248 g/mol. The Morgan fingerprint density at radius 3 is 2.89 bits per heavy atom. The number of benzene rings is 1. The predicted molar refractivity (Wildman–Crippen MR) is 67.7 cm³/mol. The molecule has 2 heterocycles. The zero-order valence-corrected chi connectivity index (χ0v) is 10.2. The summed E-state index contributed by atoms with van der Waals surface area (Å²) in [6.07, 6.45) is 3.81. The fourth-order valence-corrected chi connectivity index (χ4v) is 2.71. The molecule has 1 aromatic heterocycles. The van der Waals surface area contributed by atoms with Crippen LogP contribution >= 0.6 is 0 Å². The van der Waals surface area contributed by atoms with Crippen LogP contribution in [0, 0.1) is 11.6 Å². The topological polar surface area (TPSA) is 16.1 Å². The normalized spacial score (nSPS) is 19.7. The Bertz CT molecular complexity index is 598. The predicted octanol–water partition coefficient (Wildman–Crippen LogP) is 3.50. The Balaban J connectivity index is 2.23. The highest BCUT2D eigenvalue weighted by Gasteiger charge is 2.23. The van der Waals surface area contributed by atoms with Crippen LogP contribution in [0.2, 0.25) is 0 Å². The minimum atomic E-state index is -0.598. The molecule has 0 amide bonds. The minimum Gasteiger partial charge on any atom is -0.368 e. The molecule has 0 radical (unpaired) electrons. The van der Waals surface area contributed by atoms with Gasteiger partial charge in [0.2, 0.25) is 0 Å². The Labute approximate surface area is 104 Å². The van der Waals surface area contributed by atoms with Crippen LogP contribution in [-0.4, -0.2) is 17.6 Å². The van der Waals surface area contributed by atoms with E-state index in [1.807, 2.05) is 6.07 Å². The van der Waals surface area contributed by atoms with E-state index in [2.05, 4.69) is 16.8 Å². The third kappa shape index (κ3) is 1.72. The molecule has 1 atom stereocenters. The van der Waals surface area contributed by atoms with Crippen molar-refractivity contribution in [2.24, 2.45) is 0 Å². The van der Waals surface area contributed by atoms with Gasteiger partial charge in [-0.2, -0.15) is 0 Å². The summed E-state index contributed by atoms with van der Waals surface area (Å²) in [7, 11) is 0. The molecule has 0 N–H and O–H groups in total. The summed E-state index contributed by atoms with van der Waals surface area (Å²) in [5.74, 6) is -1.15. The second kappa shape index (κ2) is 4.19. The summed E-state index contributed by atoms with van der Waals surface area (Å²) in [6, 6.07) is 4.49. The number of hydrogen-bond acceptors (Lipinski definition) is 2. The van der Waals surface area contributed by atoms with Crippen molar-refractivity contribution in [3.63, 3.8) is 0 Å². The quantitative estimate of drug-likeness (QED) is 0.767. The zero-order valence-electron chi connectivity index (χ0n) is 10.2. The zero-order chi connectivity index (χ0) is 12.7. The summed E-state index contributed by atoms with van der Waals surface area (Å²) in [6.45, 7) is 3.06. The number of fused-ring (bicyclic) bond motifs is 1. The molecule has 1 aliphatic rings. The van der Waals surface area contributed by atoms with Crippen LogP contribution in [0.15, 0.2) is 24.4 Å². The van der Waals surface area contributed by atoms with E-state index >= 15 is 0 Å². The van der Waals surface area contributed by atoms with Gasteiger partial charge in [0.15, 0.2) is 5.82 Å². The molecule has 0 bridgehead atoms. The smallest absolute Gasteiger partial charge is 0.152 e. The molecule has 2 aromatic rings. The van der Waals surface area contributed by atoms with E-state index in [0.717, 1.165) is 31.1 Å². The van der Waals surface area contributed by atoms with Gasteiger partial charge in [-0.3, -0.25) is 4.98 Å². The number of hydrogen-bond donors (Lipinski definition) is 0. The number of aromatic nitrogens is 1. The SMILES string of the molecule is CC1CCCN1c1ccnc2c(F)cc(F)cc12. The maximum Gasteiger partial charge on any atom is 0.152 e. The van der Waals surface area contributed by atoms with Gasteiger partial charge in [0, 0.05) is 35.9 Å². The van der Waals surface area contributed by atoms with Gasteiger partial charge in [-0.25, -0.2) is 8.78 Å². The lowest BCUT2D eigenvalue weighted by molar-refractivity contribution is 0.590. The average molecular weight is 248 g/mol. The fourth-order valence-electron chi connectivity index (χ4n) is 2.71. The van der Waals surface area contributed by atoms with Crippen molar-refractivity contribution in [1.29, 1.82) is 0 Å². The van der Waals surface area contributed by atoms with Crippen LogP contribution in [0.4, 0.5) is 14.5 Å². The van der Waals surface area contributed by atoms with E-state index in [-0.39, 0.29) is 5.52 Å². The summed E-state index contributed by atoms with van der Waals surface area (Å²) in [4.78, 5) is 6.21. The molecule has 18 heavy (non-hydrogen) atoms. The maximum atomic E-state index is 13.7. The second-order valence-electron chi connectivity index (χ2n) is 4.80. The standard InChI is InChI=1S/C14H14F2N2/c1-9-3-2-6-18(9)13-4-5-17-14-11(13)7-10(15)8-12(14)16/h4-5,7-9H,2-3,6H2,1H3. The van der Waals surface area contributed by atoms with Gasteiger partial charge in [0.05, 0.1) is 0 Å². The molecular weight excluding hydrogens is 234 g/mol. The maximum absolute atomic E-state index is 13.7. The first-order valence-electron chi connectivity index (χ1n) is 6.17. The summed E-state index contributed by atoms with van der Waals surface area (Å²) in [5.41, 5.74) is 1.12. The van der Waals surface area contributed by atoms with Crippen molar-refractivity contribution in [2.45, 2.75) is 25.8 Å². The van der Waals surface area contributed by atoms with Crippen LogP contribution in [0.1, 0.15) is 19.8 Å². The molecule has 1 fully saturated rings. The summed E-state index contributed by atoms with van der Waals surface area (Å²) < 4.78 is 27.1. The van der Waals surface area contributed by atoms with Crippen LogP contribution in [0.25, 0.3) is 10.9 Å². The molecule has 1 unspecified atom stereocenters. The van der Waals surface area contributed by atoms with E-state index in [0.29, 0.717) is 11.4 Å². The van der Waals surface area contributed by atoms with Gasteiger partial charge in [-0.05, 0) is 31.9 Å². The van der Waals surface area contributed by atoms with E-state index in [4.69, 9.17) is 0 Å². The molecule has 3 rings (SSSR count). The highest BCUT2D eigenvalue weighted by Crippen LogP contribution is 2.32. The van der Waals surface area contributed by atoms with Crippen molar-refractivity contribution >= 4 is 16.6 Å². The molecule has 1 aromatic carbocycles. The lowest BCUT2D eigenvalue weighted by atomic mass is 10.1. The van der Waals surface area contributed by atoms with Crippen LogP contribution in [0.5, 0.6) is 0 Å². The number of pyridine rings is 1.